The summed E-state index contributed by atoms with van der Waals surface area (Å²) in [6.45, 7) is 4.09. The SMILES string of the molecule is Cc1ccnn1-c1ccc(C(=O)Nc2ncc(C3CCNCC3)s2)cc1. The van der Waals surface area contributed by atoms with Crippen LogP contribution >= 0.6 is 11.3 Å². The molecule has 0 saturated carbocycles. The van der Waals surface area contributed by atoms with Crippen molar-refractivity contribution in [2.24, 2.45) is 0 Å². The van der Waals surface area contributed by atoms with E-state index in [1.807, 2.05) is 48.1 Å². The average Bonchev–Trinajstić information content (AvgIpc) is 3.32. The van der Waals surface area contributed by atoms with Crippen LogP contribution in [0.1, 0.15) is 39.7 Å². The van der Waals surface area contributed by atoms with Gasteiger partial charge < -0.3 is 5.32 Å². The van der Waals surface area contributed by atoms with Gasteiger partial charge in [0.15, 0.2) is 5.13 Å². The van der Waals surface area contributed by atoms with Crippen molar-refractivity contribution in [3.8, 4) is 5.69 Å². The highest BCUT2D eigenvalue weighted by Crippen LogP contribution is 2.31. The first-order chi connectivity index (χ1) is 12.7. The molecule has 1 amide bonds. The molecule has 0 spiro atoms. The molecule has 7 heteroatoms. The number of thiazole rings is 1. The highest BCUT2D eigenvalue weighted by molar-refractivity contribution is 7.15. The number of benzene rings is 1. The van der Waals surface area contributed by atoms with Crippen LogP contribution in [0.2, 0.25) is 0 Å². The second kappa shape index (κ2) is 7.39. The third-order valence-corrected chi connectivity index (χ3v) is 5.77. The van der Waals surface area contributed by atoms with Gasteiger partial charge in [-0.15, -0.1) is 11.3 Å². The van der Waals surface area contributed by atoms with Crippen LogP contribution in [0.25, 0.3) is 5.69 Å². The van der Waals surface area contributed by atoms with Crippen LogP contribution in [0, 0.1) is 6.92 Å². The molecule has 26 heavy (non-hydrogen) atoms. The zero-order chi connectivity index (χ0) is 17.9. The number of rotatable bonds is 4. The Bertz CT molecular complexity index is 893. The zero-order valence-electron chi connectivity index (χ0n) is 14.6. The maximum absolute atomic E-state index is 12.5. The van der Waals surface area contributed by atoms with Crippen LogP contribution in [0.5, 0.6) is 0 Å². The Morgan fingerprint density at radius 1 is 1.23 bits per heavy atom. The third kappa shape index (κ3) is 3.54. The Balaban J connectivity index is 1.43. The number of hydrogen-bond donors (Lipinski definition) is 2. The lowest BCUT2D eigenvalue weighted by Crippen LogP contribution is -2.26. The van der Waals surface area contributed by atoms with Crippen molar-refractivity contribution in [1.82, 2.24) is 20.1 Å². The molecule has 1 aliphatic rings. The van der Waals surface area contributed by atoms with Gasteiger partial charge in [-0.3, -0.25) is 10.1 Å². The molecule has 134 valence electrons. The van der Waals surface area contributed by atoms with Crippen LogP contribution in [-0.2, 0) is 0 Å². The fraction of sp³-hybridized carbons (Fsp3) is 0.316. The molecule has 0 radical (unpaired) electrons. The number of amides is 1. The Hall–Kier alpha value is -2.51. The quantitative estimate of drug-likeness (QED) is 0.742. The standard InChI is InChI=1S/C19H21N5OS/c1-13-6-11-22-24(13)16-4-2-15(3-5-16)18(25)23-19-21-12-17(26-19)14-7-9-20-10-8-14/h2-6,11-12,14,20H,7-10H2,1H3,(H,21,23,25). The number of hydrogen-bond acceptors (Lipinski definition) is 5. The first-order valence-electron chi connectivity index (χ1n) is 8.79. The number of aromatic nitrogens is 3. The molecule has 2 aromatic heterocycles. The summed E-state index contributed by atoms with van der Waals surface area (Å²) in [5.41, 5.74) is 2.60. The molecule has 0 bridgehead atoms. The zero-order valence-corrected chi connectivity index (χ0v) is 15.4. The highest BCUT2D eigenvalue weighted by Gasteiger charge is 2.18. The number of carbonyl (C=O) groups is 1. The maximum atomic E-state index is 12.5. The molecule has 1 aromatic carbocycles. The maximum Gasteiger partial charge on any atom is 0.257 e. The van der Waals surface area contributed by atoms with Gasteiger partial charge in [-0.2, -0.15) is 5.10 Å². The molecular formula is C19H21N5OS. The van der Waals surface area contributed by atoms with E-state index in [2.05, 4.69) is 20.7 Å². The minimum atomic E-state index is -0.139. The number of piperidine rings is 1. The van der Waals surface area contributed by atoms with Crippen molar-refractivity contribution in [3.63, 3.8) is 0 Å². The number of anilines is 1. The number of nitrogens with one attached hydrogen (secondary N) is 2. The fourth-order valence-electron chi connectivity index (χ4n) is 3.20. The second-order valence-electron chi connectivity index (χ2n) is 6.48. The fourth-order valence-corrected chi connectivity index (χ4v) is 4.18. The summed E-state index contributed by atoms with van der Waals surface area (Å²) in [5.74, 6) is 0.413. The van der Waals surface area contributed by atoms with Crippen LogP contribution in [0.15, 0.2) is 42.7 Å². The van der Waals surface area contributed by atoms with Gasteiger partial charge in [0.2, 0.25) is 0 Å². The van der Waals surface area contributed by atoms with E-state index >= 15 is 0 Å². The summed E-state index contributed by atoms with van der Waals surface area (Å²) in [4.78, 5) is 18.1. The van der Waals surface area contributed by atoms with E-state index < -0.39 is 0 Å². The van der Waals surface area contributed by atoms with E-state index in [9.17, 15) is 4.79 Å². The lowest BCUT2D eigenvalue weighted by molar-refractivity contribution is 0.102. The predicted octanol–water partition coefficient (Wildman–Crippen LogP) is 3.36. The van der Waals surface area contributed by atoms with Crippen molar-refractivity contribution in [2.45, 2.75) is 25.7 Å². The molecule has 0 unspecified atom stereocenters. The summed E-state index contributed by atoms with van der Waals surface area (Å²) >= 11 is 1.58. The van der Waals surface area contributed by atoms with Gasteiger partial charge in [-0.05, 0) is 69.1 Å². The Kier molecular flexibility index (Phi) is 4.81. The lowest BCUT2D eigenvalue weighted by Gasteiger charge is -2.20. The van der Waals surface area contributed by atoms with Crippen LogP contribution in [0.4, 0.5) is 5.13 Å². The van der Waals surface area contributed by atoms with Crippen molar-refractivity contribution >= 4 is 22.4 Å². The predicted molar refractivity (Wildman–Crippen MR) is 103 cm³/mol. The van der Waals surface area contributed by atoms with E-state index in [0.29, 0.717) is 16.6 Å². The lowest BCUT2D eigenvalue weighted by atomic mass is 9.97. The summed E-state index contributed by atoms with van der Waals surface area (Å²) in [7, 11) is 0. The molecule has 3 heterocycles. The van der Waals surface area contributed by atoms with Crippen molar-refractivity contribution in [1.29, 1.82) is 0 Å². The van der Waals surface area contributed by atoms with Gasteiger partial charge in [0.1, 0.15) is 0 Å². The summed E-state index contributed by atoms with van der Waals surface area (Å²) in [6, 6.07) is 9.37. The molecule has 1 aliphatic heterocycles. The van der Waals surface area contributed by atoms with E-state index in [-0.39, 0.29) is 5.91 Å². The number of nitrogens with zero attached hydrogens (tertiary/aromatic N) is 3. The molecule has 6 nitrogen and oxygen atoms in total. The van der Waals surface area contributed by atoms with Crippen molar-refractivity contribution < 1.29 is 4.79 Å². The summed E-state index contributed by atoms with van der Waals surface area (Å²) in [5, 5.41) is 11.2. The summed E-state index contributed by atoms with van der Waals surface area (Å²) < 4.78 is 1.84. The van der Waals surface area contributed by atoms with E-state index in [1.165, 1.54) is 4.88 Å². The van der Waals surface area contributed by atoms with Gasteiger partial charge in [0.25, 0.3) is 5.91 Å². The minimum absolute atomic E-state index is 0.139. The van der Waals surface area contributed by atoms with Crippen LogP contribution < -0.4 is 10.6 Å². The van der Waals surface area contributed by atoms with Gasteiger partial charge in [0.05, 0.1) is 5.69 Å². The molecule has 1 fully saturated rings. The van der Waals surface area contributed by atoms with Crippen LogP contribution in [0.3, 0.4) is 0 Å². The molecule has 0 atom stereocenters. The third-order valence-electron chi connectivity index (χ3n) is 4.69. The molecular weight excluding hydrogens is 346 g/mol. The Morgan fingerprint density at radius 3 is 2.69 bits per heavy atom. The molecule has 3 aromatic rings. The largest absolute Gasteiger partial charge is 0.317 e. The van der Waals surface area contributed by atoms with Gasteiger partial charge in [0, 0.05) is 28.5 Å². The molecule has 2 N–H and O–H groups in total. The number of aryl methyl sites for hydroxylation is 1. The van der Waals surface area contributed by atoms with E-state index in [1.54, 1.807) is 17.5 Å². The van der Waals surface area contributed by atoms with Crippen molar-refractivity contribution in [2.75, 3.05) is 18.4 Å². The van der Waals surface area contributed by atoms with E-state index in [0.717, 1.165) is 37.3 Å². The monoisotopic (exact) mass is 367 g/mol. The highest BCUT2D eigenvalue weighted by atomic mass is 32.1. The summed E-state index contributed by atoms with van der Waals surface area (Å²) in [6.07, 6.45) is 5.92. The first-order valence-corrected chi connectivity index (χ1v) is 9.61. The smallest absolute Gasteiger partial charge is 0.257 e. The first kappa shape index (κ1) is 16.9. The van der Waals surface area contributed by atoms with Crippen molar-refractivity contribution in [3.05, 3.63) is 58.9 Å². The van der Waals surface area contributed by atoms with E-state index in [4.69, 9.17) is 0 Å². The average molecular weight is 367 g/mol. The van der Waals surface area contributed by atoms with Gasteiger partial charge in [-0.25, -0.2) is 9.67 Å². The van der Waals surface area contributed by atoms with Gasteiger partial charge in [-0.1, -0.05) is 0 Å². The number of carbonyl (C=O) groups excluding carboxylic acids is 1. The topological polar surface area (TPSA) is 71.8 Å². The van der Waals surface area contributed by atoms with Crippen LogP contribution in [-0.4, -0.2) is 33.8 Å². The Morgan fingerprint density at radius 2 is 2.00 bits per heavy atom. The molecule has 4 rings (SSSR count). The second-order valence-corrected chi connectivity index (χ2v) is 7.54. The minimum Gasteiger partial charge on any atom is -0.317 e. The molecule has 0 aliphatic carbocycles. The molecule has 1 saturated heterocycles. The van der Waals surface area contributed by atoms with Gasteiger partial charge >= 0.3 is 0 Å². The Labute approximate surface area is 156 Å². The normalized spacial score (nSPS) is 15.1.